The van der Waals surface area contributed by atoms with Crippen LogP contribution < -0.4 is 5.32 Å². The van der Waals surface area contributed by atoms with Gasteiger partial charge in [-0.2, -0.15) is 0 Å². The van der Waals surface area contributed by atoms with Crippen LogP contribution in [0.2, 0.25) is 0 Å². The zero-order valence-corrected chi connectivity index (χ0v) is 17.6. The minimum Gasteiger partial charge on any atom is -0.450 e. The largest absolute Gasteiger partial charge is 0.450 e. The number of fused-ring (bicyclic) bond motifs is 3. The van der Waals surface area contributed by atoms with Gasteiger partial charge in [0.25, 0.3) is 0 Å². The van der Waals surface area contributed by atoms with Gasteiger partial charge >= 0.3 is 6.09 Å². The van der Waals surface area contributed by atoms with Crippen LogP contribution in [0.25, 0.3) is 0 Å². The second kappa shape index (κ2) is 9.77. The maximum Gasteiger partial charge on any atom is 0.409 e. The first-order chi connectivity index (χ1) is 11.7. The lowest BCUT2D eigenvalue weighted by Gasteiger charge is -2.47. The van der Waals surface area contributed by atoms with Crippen LogP contribution in [-0.2, 0) is 4.74 Å². The Bertz CT molecular complexity index is 462. The highest BCUT2D eigenvalue weighted by atomic mass is 127. The monoisotopic (exact) mass is 466 g/mol. The molecule has 9 heteroatoms. The number of guanidine groups is 1. The van der Waals surface area contributed by atoms with Crippen LogP contribution in [0.3, 0.4) is 0 Å². The van der Waals surface area contributed by atoms with E-state index in [-0.39, 0.29) is 30.1 Å². The Morgan fingerprint density at radius 3 is 2.24 bits per heavy atom. The molecule has 4 aliphatic heterocycles. The molecule has 1 atom stereocenters. The molecule has 0 aromatic rings. The van der Waals surface area contributed by atoms with Gasteiger partial charge in [-0.25, -0.2) is 4.79 Å². The number of ether oxygens (including phenoxy) is 1. The number of nitrogens with one attached hydrogen (secondary N) is 1. The van der Waals surface area contributed by atoms with Gasteiger partial charge in [0.1, 0.15) is 0 Å². The Morgan fingerprint density at radius 2 is 1.72 bits per heavy atom. The maximum atomic E-state index is 11.8. The summed E-state index contributed by atoms with van der Waals surface area (Å²) in [6.45, 7) is 12.1. The Balaban J connectivity index is 0.00000225. The highest BCUT2D eigenvalue weighted by Crippen LogP contribution is 2.15. The summed E-state index contributed by atoms with van der Waals surface area (Å²) in [6, 6.07) is 0.574. The lowest BCUT2D eigenvalue weighted by Crippen LogP contribution is -2.64. The van der Waals surface area contributed by atoms with Gasteiger partial charge in [-0.3, -0.25) is 14.8 Å². The van der Waals surface area contributed by atoms with Crippen molar-refractivity contribution in [2.75, 3.05) is 79.1 Å². The van der Waals surface area contributed by atoms with E-state index in [1.54, 1.807) is 4.90 Å². The standard InChI is InChI=1S/C16H30N6O2.HI/c1-3-24-16(23)22-10-8-21(9-11-22)15(17-2)18-12-14-13-19-4-6-20(14)7-5-19;/h14H,3-13H2,1-2H3,(H,17,18);1H. The number of amides is 1. The molecule has 4 saturated heterocycles. The fraction of sp³-hybridized carbons (Fsp3) is 0.875. The summed E-state index contributed by atoms with van der Waals surface area (Å²) in [5.74, 6) is 0.941. The van der Waals surface area contributed by atoms with Gasteiger partial charge in [0.05, 0.1) is 6.61 Å². The van der Waals surface area contributed by atoms with Crippen LogP contribution in [0.15, 0.2) is 4.99 Å². The van der Waals surface area contributed by atoms with Crippen LogP contribution in [0, 0.1) is 0 Å². The normalized spacial score (nSPS) is 29.2. The molecule has 4 aliphatic rings. The minimum absolute atomic E-state index is 0. The number of nitrogens with zero attached hydrogens (tertiary/aromatic N) is 5. The quantitative estimate of drug-likeness (QED) is 0.358. The number of aliphatic imine (C=N–C) groups is 1. The number of carbonyl (C=O) groups is 1. The summed E-state index contributed by atoms with van der Waals surface area (Å²) < 4.78 is 5.07. The van der Waals surface area contributed by atoms with Crippen molar-refractivity contribution in [3.63, 3.8) is 0 Å². The number of halogens is 1. The van der Waals surface area contributed by atoms with E-state index in [9.17, 15) is 4.79 Å². The van der Waals surface area contributed by atoms with Gasteiger partial charge in [-0.15, -0.1) is 24.0 Å². The zero-order valence-electron chi connectivity index (χ0n) is 15.3. The van der Waals surface area contributed by atoms with Crippen molar-refractivity contribution in [2.45, 2.75) is 13.0 Å². The van der Waals surface area contributed by atoms with Crippen LogP contribution >= 0.6 is 24.0 Å². The highest BCUT2D eigenvalue weighted by molar-refractivity contribution is 14.0. The number of piperazine rings is 4. The van der Waals surface area contributed by atoms with Crippen LogP contribution in [0.5, 0.6) is 0 Å². The fourth-order valence-corrected chi connectivity index (χ4v) is 3.78. The van der Waals surface area contributed by atoms with Gasteiger partial charge in [0.15, 0.2) is 5.96 Å². The highest BCUT2D eigenvalue weighted by Gasteiger charge is 2.32. The van der Waals surface area contributed by atoms with E-state index in [4.69, 9.17) is 4.74 Å². The molecule has 1 N–H and O–H groups in total. The van der Waals surface area contributed by atoms with Crippen molar-refractivity contribution < 1.29 is 9.53 Å². The molecule has 1 unspecified atom stereocenters. The first-order valence-corrected chi connectivity index (χ1v) is 9.05. The minimum atomic E-state index is -0.208. The van der Waals surface area contributed by atoms with E-state index in [0.29, 0.717) is 25.7 Å². The number of hydrogen-bond donors (Lipinski definition) is 1. The average Bonchev–Trinajstić information content (AvgIpc) is 2.64. The summed E-state index contributed by atoms with van der Waals surface area (Å²) in [5, 5.41) is 3.54. The molecule has 0 spiro atoms. The third-order valence-corrected chi connectivity index (χ3v) is 5.21. The Kier molecular flexibility index (Phi) is 8.01. The summed E-state index contributed by atoms with van der Waals surface area (Å²) in [4.78, 5) is 25.3. The van der Waals surface area contributed by atoms with Gasteiger partial charge in [-0.05, 0) is 6.92 Å². The topological polar surface area (TPSA) is 63.7 Å². The Labute approximate surface area is 167 Å². The van der Waals surface area contributed by atoms with E-state index in [1.807, 2.05) is 14.0 Å². The second-order valence-electron chi connectivity index (χ2n) is 6.59. The summed E-state index contributed by atoms with van der Waals surface area (Å²) in [5.41, 5.74) is 0. The van der Waals surface area contributed by atoms with Gasteiger partial charge in [0, 0.05) is 78.5 Å². The molecule has 0 aromatic carbocycles. The smallest absolute Gasteiger partial charge is 0.409 e. The Morgan fingerprint density at radius 1 is 1.08 bits per heavy atom. The SMILES string of the molecule is CCOC(=O)N1CCN(C(=NC)NCC2CN3CCN2CC3)CC1.I. The molecule has 0 saturated carbocycles. The number of hydrogen-bond acceptors (Lipinski definition) is 5. The average molecular weight is 466 g/mol. The third-order valence-electron chi connectivity index (χ3n) is 5.21. The number of rotatable bonds is 3. The summed E-state index contributed by atoms with van der Waals surface area (Å²) in [6.07, 6.45) is -0.208. The second-order valence-corrected chi connectivity index (χ2v) is 6.59. The fourth-order valence-electron chi connectivity index (χ4n) is 3.78. The van der Waals surface area contributed by atoms with E-state index in [0.717, 1.165) is 32.1 Å². The molecule has 8 nitrogen and oxygen atoms in total. The molecule has 4 rings (SSSR count). The van der Waals surface area contributed by atoms with Crippen LogP contribution in [0.4, 0.5) is 4.79 Å². The molecule has 0 aliphatic carbocycles. The van der Waals surface area contributed by atoms with Gasteiger partial charge < -0.3 is 19.9 Å². The van der Waals surface area contributed by atoms with Crippen molar-refractivity contribution in [2.24, 2.45) is 4.99 Å². The summed E-state index contributed by atoms with van der Waals surface area (Å²) in [7, 11) is 1.83. The lowest BCUT2D eigenvalue weighted by atomic mass is 10.1. The van der Waals surface area contributed by atoms with Crippen molar-refractivity contribution in [1.29, 1.82) is 0 Å². The summed E-state index contributed by atoms with van der Waals surface area (Å²) >= 11 is 0. The molecule has 144 valence electrons. The maximum absolute atomic E-state index is 11.8. The van der Waals surface area contributed by atoms with E-state index in [1.165, 1.54) is 26.2 Å². The molecular formula is C16H31IN6O2. The van der Waals surface area contributed by atoms with E-state index >= 15 is 0 Å². The molecule has 2 bridgehead atoms. The lowest BCUT2D eigenvalue weighted by molar-refractivity contribution is 0.0151. The van der Waals surface area contributed by atoms with E-state index < -0.39 is 0 Å². The Hall–Kier alpha value is -0.810. The van der Waals surface area contributed by atoms with Crippen molar-refractivity contribution in [1.82, 2.24) is 24.9 Å². The molecule has 4 heterocycles. The first kappa shape index (κ1) is 20.5. The molecule has 4 fully saturated rings. The molecule has 1 amide bonds. The predicted molar refractivity (Wildman–Crippen MR) is 109 cm³/mol. The van der Waals surface area contributed by atoms with Crippen molar-refractivity contribution in [3.8, 4) is 0 Å². The van der Waals surface area contributed by atoms with Crippen molar-refractivity contribution in [3.05, 3.63) is 0 Å². The first-order valence-electron chi connectivity index (χ1n) is 9.05. The number of carbonyl (C=O) groups excluding carboxylic acids is 1. The van der Waals surface area contributed by atoms with Crippen molar-refractivity contribution >= 4 is 36.0 Å². The van der Waals surface area contributed by atoms with Crippen LogP contribution in [0.1, 0.15) is 6.92 Å². The van der Waals surface area contributed by atoms with Crippen LogP contribution in [-0.4, -0.2) is 117 Å². The predicted octanol–water partition coefficient (Wildman–Crippen LogP) is -0.0463. The third kappa shape index (κ3) is 5.10. The van der Waals surface area contributed by atoms with E-state index in [2.05, 4.69) is 25.0 Å². The zero-order chi connectivity index (χ0) is 16.9. The molecule has 25 heavy (non-hydrogen) atoms. The molecular weight excluding hydrogens is 435 g/mol. The van der Waals surface area contributed by atoms with Gasteiger partial charge in [-0.1, -0.05) is 0 Å². The van der Waals surface area contributed by atoms with Gasteiger partial charge in [0.2, 0.25) is 0 Å². The molecule has 0 aromatic heterocycles. The molecule has 0 radical (unpaired) electrons.